The quantitative estimate of drug-likeness (QED) is 0.343. The Bertz CT molecular complexity index is 820. The Morgan fingerprint density at radius 1 is 1.42 bits per heavy atom. The van der Waals surface area contributed by atoms with Crippen molar-refractivity contribution in [2.75, 3.05) is 13.7 Å². The summed E-state index contributed by atoms with van der Waals surface area (Å²) in [6.45, 7) is 3.20. The van der Waals surface area contributed by atoms with Crippen LogP contribution in [0.3, 0.4) is 0 Å². The fourth-order valence-corrected chi connectivity index (χ4v) is 2.85. The van der Waals surface area contributed by atoms with E-state index >= 15 is 0 Å². The summed E-state index contributed by atoms with van der Waals surface area (Å²) in [4.78, 5) is 40.3. The van der Waals surface area contributed by atoms with E-state index in [9.17, 15) is 19.7 Å². The number of nitrogens with zero attached hydrogens (tertiary/aromatic N) is 3. The molecule has 1 aliphatic heterocycles. The fourth-order valence-electron chi connectivity index (χ4n) is 2.55. The summed E-state index contributed by atoms with van der Waals surface area (Å²) in [6, 6.07) is 4.45. The van der Waals surface area contributed by atoms with Gasteiger partial charge in [0.25, 0.3) is 5.69 Å². The minimum absolute atomic E-state index is 0.0785. The predicted octanol–water partition coefficient (Wildman–Crippen LogP) is 3.15. The summed E-state index contributed by atoms with van der Waals surface area (Å²) >= 11 is 6.15. The normalized spacial score (nSPS) is 16.8. The van der Waals surface area contributed by atoms with Crippen LogP contribution in [-0.2, 0) is 14.3 Å². The van der Waals surface area contributed by atoms with Gasteiger partial charge in [0.15, 0.2) is 0 Å². The number of hydrogen-bond donors (Lipinski definition) is 0. The molecule has 0 fully saturated rings. The number of nitro groups is 1. The average molecular weight is 382 g/mol. The standard InChI is InChI=1S/C16H16ClN3O6/c1-4-26-15(21)12-13(10-6-5-7-11(8-10)20(23)24)19(16(22)25-3)9(2)18-14(12)17/h5-8,13H,4H2,1-3H3. The van der Waals surface area contributed by atoms with Crippen molar-refractivity contribution in [3.63, 3.8) is 0 Å². The number of esters is 1. The Morgan fingerprint density at radius 3 is 2.69 bits per heavy atom. The number of aliphatic imine (C=N–C) groups is 1. The number of rotatable bonds is 4. The van der Waals surface area contributed by atoms with E-state index in [-0.39, 0.29) is 28.9 Å². The first-order valence-corrected chi connectivity index (χ1v) is 7.93. The number of carbonyl (C=O) groups is 2. The van der Waals surface area contributed by atoms with Gasteiger partial charge in [0.05, 0.1) is 18.6 Å². The molecule has 10 heteroatoms. The second-order valence-corrected chi connectivity index (χ2v) is 5.54. The lowest BCUT2D eigenvalue weighted by Gasteiger charge is -2.34. The minimum Gasteiger partial charge on any atom is -0.462 e. The smallest absolute Gasteiger partial charge is 0.415 e. The van der Waals surface area contributed by atoms with Crippen LogP contribution < -0.4 is 0 Å². The van der Waals surface area contributed by atoms with E-state index < -0.39 is 23.0 Å². The molecule has 1 aliphatic rings. The zero-order valence-corrected chi connectivity index (χ0v) is 15.0. The number of nitro benzene ring substituents is 1. The van der Waals surface area contributed by atoms with Gasteiger partial charge in [-0.2, -0.15) is 0 Å². The molecule has 0 radical (unpaired) electrons. The molecule has 0 saturated heterocycles. The molecule has 1 aromatic rings. The number of ether oxygens (including phenoxy) is 2. The molecule has 0 saturated carbocycles. The maximum Gasteiger partial charge on any atom is 0.415 e. The molecule has 1 heterocycles. The third-order valence-corrected chi connectivity index (χ3v) is 3.91. The molecule has 26 heavy (non-hydrogen) atoms. The topological polar surface area (TPSA) is 111 Å². The summed E-state index contributed by atoms with van der Waals surface area (Å²) < 4.78 is 9.78. The molecule has 0 aliphatic carbocycles. The van der Waals surface area contributed by atoms with Gasteiger partial charge in [-0.25, -0.2) is 14.6 Å². The van der Waals surface area contributed by atoms with Gasteiger partial charge in [-0.3, -0.25) is 15.0 Å². The van der Waals surface area contributed by atoms with Crippen molar-refractivity contribution in [1.82, 2.24) is 4.90 Å². The van der Waals surface area contributed by atoms with Crippen LogP contribution in [0.25, 0.3) is 0 Å². The fraction of sp³-hybridized carbons (Fsp3) is 0.312. The maximum atomic E-state index is 12.4. The highest BCUT2D eigenvalue weighted by atomic mass is 35.5. The molecule has 0 spiro atoms. The Labute approximate surface area is 154 Å². The van der Waals surface area contributed by atoms with E-state index in [1.807, 2.05) is 0 Å². The molecular formula is C16H16ClN3O6. The second kappa shape index (κ2) is 7.96. The van der Waals surface area contributed by atoms with Gasteiger partial charge in [0.2, 0.25) is 0 Å². The Hall–Kier alpha value is -2.94. The van der Waals surface area contributed by atoms with Crippen molar-refractivity contribution in [3.8, 4) is 0 Å². The Kier molecular flexibility index (Phi) is 5.93. The van der Waals surface area contributed by atoms with Crippen molar-refractivity contribution in [3.05, 3.63) is 50.7 Å². The lowest BCUT2D eigenvalue weighted by atomic mass is 9.96. The monoisotopic (exact) mass is 381 g/mol. The zero-order chi connectivity index (χ0) is 19.4. The molecule has 1 amide bonds. The van der Waals surface area contributed by atoms with E-state index in [0.717, 1.165) is 4.90 Å². The van der Waals surface area contributed by atoms with E-state index in [2.05, 4.69) is 4.99 Å². The van der Waals surface area contributed by atoms with Crippen LogP contribution in [-0.4, -0.2) is 41.4 Å². The third kappa shape index (κ3) is 3.67. The first-order chi connectivity index (χ1) is 12.3. The SMILES string of the molecule is CCOC(=O)C1=C(Cl)N=C(C)N(C(=O)OC)C1c1cccc([N+](=O)[O-])c1. The summed E-state index contributed by atoms with van der Waals surface area (Å²) in [5.74, 6) is -0.606. The van der Waals surface area contributed by atoms with Crippen LogP contribution in [0.1, 0.15) is 25.5 Å². The molecule has 9 nitrogen and oxygen atoms in total. The number of amides is 1. The third-order valence-electron chi connectivity index (χ3n) is 3.63. The number of non-ortho nitro benzene ring substituents is 1. The first-order valence-electron chi connectivity index (χ1n) is 7.55. The van der Waals surface area contributed by atoms with E-state index in [0.29, 0.717) is 5.56 Å². The van der Waals surface area contributed by atoms with Crippen LogP contribution in [0.2, 0.25) is 0 Å². The lowest BCUT2D eigenvalue weighted by Crippen LogP contribution is -2.43. The average Bonchev–Trinajstić information content (AvgIpc) is 2.60. The molecule has 1 unspecified atom stereocenters. The van der Waals surface area contributed by atoms with Crippen LogP contribution in [0.15, 0.2) is 40.0 Å². The summed E-state index contributed by atoms with van der Waals surface area (Å²) in [7, 11) is 1.17. The molecule has 1 aromatic carbocycles. The summed E-state index contributed by atoms with van der Waals surface area (Å²) in [5, 5.41) is 10.9. The lowest BCUT2D eigenvalue weighted by molar-refractivity contribution is -0.384. The van der Waals surface area contributed by atoms with E-state index in [1.54, 1.807) is 6.92 Å². The summed E-state index contributed by atoms with van der Waals surface area (Å²) in [6.07, 6.45) is -0.797. The number of halogens is 1. The molecule has 0 aromatic heterocycles. The molecule has 138 valence electrons. The molecule has 0 N–H and O–H groups in total. The Morgan fingerprint density at radius 2 is 2.12 bits per heavy atom. The first kappa shape index (κ1) is 19.4. The van der Waals surface area contributed by atoms with Gasteiger partial charge < -0.3 is 9.47 Å². The van der Waals surface area contributed by atoms with Gasteiger partial charge in [0, 0.05) is 12.1 Å². The highest BCUT2D eigenvalue weighted by molar-refractivity contribution is 6.32. The number of hydrogen-bond acceptors (Lipinski definition) is 7. The van der Waals surface area contributed by atoms with Gasteiger partial charge in [-0.1, -0.05) is 23.7 Å². The number of amidine groups is 1. The van der Waals surface area contributed by atoms with Gasteiger partial charge in [-0.15, -0.1) is 0 Å². The Balaban J connectivity index is 2.68. The maximum absolute atomic E-state index is 12.4. The highest BCUT2D eigenvalue weighted by Crippen LogP contribution is 2.38. The van der Waals surface area contributed by atoms with Gasteiger partial charge >= 0.3 is 12.1 Å². The van der Waals surface area contributed by atoms with E-state index in [1.165, 1.54) is 38.3 Å². The van der Waals surface area contributed by atoms with Crippen molar-refractivity contribution in [2.24, 2.45) is 4.99 Å². The molecule has 0 bridgehead atoms. The number of methoxy groups -OCH3 is 1. The molecule has 1 atom stereocenters. The predicted molar refractivity (Wildman–Crippen MR) is 92.7 cm³/mol. The zero-order valence-electron chi connectivity index (χ0n) is 14.3. The van der Waals surface area contributed by atoms with Crippen molar-refractivity contribution in [2.45, 2.75) is 19.9 Å². The number of benzene rings is 1. The molecule has 2 rings (SSSR count). The van der Waals surface area contributed by atoms with Gasteiger partial charge in [-0.05, 0) is 19.4 Å². The van der Waals surface area contributed by atoms with Crippen LogP contribution >= 0.6 is 11.6 Å². The van der Waals surface area contributed by atoms with Crippen molar-refractivity contribution in [1.29, 1.82) is 0 Å². The van der Waals surface area contributed by atoms with E-state index in [4.69, 9.17) is 21.1 Å². The number of carbonyl (C=O) groups excluding carboxylic acids is 2. The van der Waals surface area contributed by atoms with Crippen molar-refractivity contribution < 1.29 is 24.0 Å². The second-order valence-electron chi connectivity index (χ2n) is 5.18. The summed E-state index contributed by atoms with van der Waals surface area (Å²) in [5.41, 5.74) is -0.0168. The molecular weight excluding hydrogens is 366 g/mol. The van der Waals surface area contributed by atoms with Crippen LogP contribution in [0, 0.1) is 10.1 Å². The van der Waals surface area contributed by atoms with Crippen LogP contribution in [0.4, 0.5) is 10.5 Å². The van der Waals surface area contributed by atoms with Crippen molar-refractivity contribution >= 4 is 35.2 Å². The van der Waals surface area contributed by atoms with Gasteiger partial charge in [0.1, 0.15) is 22.6 Å². The highest BCUT2D eigenvalue weighted by Gasteiger charge is 2.40. The largest absolute Gasteiger partial charge is 0.462 e. The minimum atomic E-state index is -1.08. The van der Waals surface area contributed by atoms with Crippen LogP contribution in [0.5, 0.6) is 0 Å².